The third-order valence-corrected chi connectivity index (χ3v) is 5.00. The fourth-order valence-electron chi connectivity index (χ4n) is 2.92. The number of nitro benzene ring substituents is 1. The second kappa shape index (κ2) is 11.8. The summed E-state index contributed by atoms with van der Waals surface area (Å²) in [4.78, 5) is 47.4. The molecule has 2 rings (SSSR count). The summed E-state index contributed by atoms with van der Waals surface area (Å²) in [6.07, 6.45) is 0.448. The minimum Gasteiger partial charge on any atom is -0.508 e. The first kappa shape index (κ1) is 25.6. The van der Waals surface area contributed by atoms with Gasteiger partial charge in [0.2, 0.25) is 5.91 Å². The van der Waals surface area contributed by atoms with Gasteiger partial charge < -0.3 is 21.1 Å². The number of amides is 3. The summed E-state index contributed by atoms with van der Waals surface area (Å²) in [7, 11) is 0. The lowest BCUT2D eigenvalue weighted by Crippen LogP contribution is -2.50. The predicted molar refractivity (Wildman–Crippen MR) is 122 cm³/mol. The number of nitrogens with one attached hydrogen (secondary N) is 3. The van der Waals surface area contributed by atoms with Gasteiger partial charge in [0.25, 0.3) is 17.5 Å². The van der Waals surface area contributed by atoms with Gasteiger partial charge in [-0.05, 0) is 36.6 Å². The molecule has 4 N–H and O–H groups in total. The van der Waals surface area contributed by atoms with E-state index in [9.17, 15) is 29.6 Å². The summed E-state index contributed by atoms with van der Waals surface area (Å²) in [6, 6.07) is 8.57. The average molecular weight is 477 g/mol. The molecule has 10 nitrogen and oxygen atoms in total. The van der Waals surface area contributed by atoms with E-state index < -0.39 is 22.8 Å². The number of phenolic OH excluding ortho intramolecular Hbond substituents is 1. The lowest BCUT2D eigenvalue weighted by Gasteiger charge is -2.22. The van der Waals surface area contributed by atoms with E-state index in [1.807, 2.05) is 0 Å². The quantitative estimate of drug-likeness (QED) is 0.235. The van der Waals surface area contributed by atoms with Crippen LogP contribution in [0.15, 0.2) is 42.5 Å². The van der Waals surface area contributed by atoms with Crippen molar-refractivity contribution in [3.8, 4) is 5.75 Å². The van der Waals surface area contributed by atoms with E-state index in [0.717, 1.165) is 12.1 Å². The zero-order chi connectivity index (χ0) is 24.5. The molecule has 0 saturated heterocycles. The molecule has 2 aromatic carbocycles. The number of phenols is 1. The standard InChI is InChI=1S/C22H25ClN4O6/c1-13(2)19(26-21(30)17-8-7-15(27(32)33)12-18(17)23)22(31)25-10-4-9-24-20(29)14-5-3-6-16(28)11-14/h3,5-8,11-13,19,28H,4,9-10H2,1-2H3,(H,24,29)(H,25,31)(H,26,30). The monoisotopic (exact) mass is 476 g/mol. The van der Waals surface area contributed by atoms with Crippen molar-refractivity contribution in [3.05, 3.63) is 68.7 Å². The number of aromatic hydroxyl groups is 1. The maximum absolute atomic E-state index is 12.6. The highest BCUT2D eigenvalue weighted by Crippen LogP contribution is 2.22. The van der Waals surface area contributed by atoms with Gasteiger partial charge in [0.15, 0.2) is 0 Å². The molecule has 33 heavy (non-hydrogen) atoms. The van der Waals surface area contributed by atoms with Gasteiger partial charge in [-0.25, -0.2) is 0 Å². The highest BCUT2D eigenvalue weighted by molar-refractivity contribution is 6.34. The Morgan fingerprint density at radius 3 is 2.36 bits per heavy atom. The maximum atomic E-state index is 12.6. The lowest BCUT2D eigenvalue weighted by molar-refractivity contribution is -0.384. The first-order valence-corrected chi connectivity index (χ1v) is 10.6. The Hall–Kier alpha value is -3.66. The van der Waals surface area contributed by atoms with Crippen LogP contribution in [0, 0.1) is 16.0 Å². The summed E-state index contributed by atoms with van der Waals surface area (Å²) in [5, 5.41) is 28.2. The van der Waals surface area contributed by atoms with Crippen LogP contribution in [0.1, 0.15) is 41.0 Å². The third-order valence-electron chi connectivity index (χ3n) is 4.69. The molecule has 0 radical (unpaired) electrons. The Labute approximate surface area is 195 Å². The highest BCUT2D eigenvalue weighted by atomic mass is 35.5. The number of halogens is 1. The van der Waals surface area contributed by atoms with Gasteiger partial charge >= 0.3 is 0 Å². The summed E-state index contributed by atoms with van der Waals surface area (Å²) in [5.41, 5.74) is 0.104. The molecule has 0 fully saturated rings. The third kappa shape index (κ3) is 7.46. The van der Waals surface area contributed by atoms with Crippen molar-refractivity contribution < 1.29 is 24.4 Å². The van der Waals surface area contributed by atoms with Gasteiger partial charge in [-0.15, -0.1) is 0 Å². The smallest absolute Gasteiger partial charge is 0.270 e. The molecule has 0 spiro atoms. The molecule has 1 unspecified atom stereocenters. The normalized spacial score (nSPS) is 11.5. The van der Waals surface area contributed by atoms with Crippen molar-refractivity contribution in [2.45, 2.75) is 26.3 Å². The number of rotatable bonds is 10. The second-order valence-electron chi connectivity index (χ2n) is 7.57. The number of carbonyl (C=O) groups excluding carboxylic acids is 3. The molecule has 0 aliphatic heterocycles. The van der Waals surface area contributed by atoms with E-state index in [1.165, 1.54) is 18.2 Å². The van der Waals surface area contributed by atoms with E-state index in [0.29, 0.717) is 18.5 Å². The highest BCUT2D eigenvalue weighted by Gasteiger charge is 2.25. The topological polar surface area (TPSA) is 151 Å². The number of nitro groups is 1. The van der Waals surface area contributed by atoms with Crippen LogP contribution in [0.2, 0.25) is 5.02 Å². The summed E-state index contributed by atoms with van der Waals surface area (Å²) >= 11 is 5.99. The van der Waals surface area contributed by atoms with Crippen LogP contribution in [0.25, 0.3) is 0 Å². The van der Waals surface area contributed by atoms with Crippen molar-refractivity contribution in [2.24, 2.45) is 5.92 Å². The molecule has 0 aliphatic rings. The molecule has 0 bridgehead atoms. The van der Waals surface area contributed by atoms with Crippen LogP contribution in [0.4, 0.5) is 5.69 Å². The van der Waals surface area contributed by atoms with E-state index in [1.54, 1.807) is 26.0 Å². The average Bonchev–Trinajstić information content (AvgIpc) is 2.76. The van der Waals surface area contributed by atoms with Crippen molar-refractivity contribution in [2.75, 3.05) is 13.1 Å². The van der Waals surface area contributed by atoms with E-state index in [2.05, 4.69) is 16.0 Å². The predicted octanol–water partition coefficient (Wildman–Crippen LogP) is 2.64. The minimum atomic E-state index is -0.856. The number of carbonyl (C=O) groups is 3. The van der Waals surface area contributed by atoms with Gasteiger partial charge in [-0.3, -0.25) is 24.5 Å². The molecule has 0 aliphatic carbocycles. The first-order valence-electron chi connectivity index (χ1n) is 10.2. The summed E-state index contributed by atoms with van der Waals surface area (Å²) in [5.74, 6) is -1.62. The molecule has 176 valence electrons. The molecule has 3 amide bonds. The summed E-state index contributed by atoms with van der Waals surface area (Å²) < 4.78 is 0. The maximum Gasteiger partial charge on any atom is 0.270 e. The van der Waals surface area contributed by atoms with Gasteiger partial charge in [-0.1, -0.05) is 31.5 Å². The molecule has 2 aromatic rings. The summed E-state index contributed by atoms with van der Waals surface area (Å²) in [6.45, 7) is 4.08. The van der Waals surface area contributed by atoms with Gasteiger partial charge in [-0.2, -0.15) is 0 Å². The van der Waals surface area contributed by atoms with Crippen LogP contribution < -0.4 is 16.0 Å². The van der Waals surface area contributed by atoms with E-state index >= 15 is 0 Å². The van der Waals surface area contributed by atoms with Crippen LogP contribution >= 0.6 is 11.6 Å². The molecular weight excluding hydrogens is 452 g/mol. The lowest BCUT2D eigenvalue weighted by atomic mass is 10.0. The molecular formula is C22H25ClN4O6. The van der Waals surface area contributed by atoms with Crippen LogP contribution in [0.3, 0.4) is 0 Å². The Morgan fingerprint density at radius 1 is 1.06 bits per heavy atom. The van der Waals surface area contributed by atoms with Crippen molar-refractivity contribution in [1.29, 1.82) is 0 Å². The van der Waals surface area contributed by atoms with Gasteiger partial charge in [0.1, 0.15) is 11.8 Å². The van der Waals surface area contributed by atoms with Crippen LogP contribution in [-0.2, 0) is 4.79 Å². The minimum absolute atomic E-state index is 0.00768. The van der Waals surface area contributed by atoms with Crippen molar-refractivity contribution in [1.82, 2.24) is 16.0 Å². The molecule has 11 heteroatoms. The Bertz CT molecular complexity index is 1040. The molecule has 0 saturated carbocycles. The molecule has 1 atom stereocenters. The van der Waals surface area contributed by atoms with Crippen molar-refractivity contribution in [3.63, 3.8) is 0 Å². The Kier molecular flexibility index (Phi) is 9.17. The molecule has 0 heterocycles. The fourth-order valence-corrected chi connectivity index (χ4v) is 3.18. The van der Waals surface area contributed by atoms with E-state index in [-0.39, 0.29) is 40.4 Å². The zero-order valence-electron chi connectivity index (χ0n) is 18.1. The number of benzene rings is 2. The van der Waals surface area contributed by atoms with Crippen LogP contribution in [-0.4, -0.2) is 46.9 Å². The van der Waals surface area contributed by atoms with Crippen LogP contribution in [0.5, 0.6) is 5.75 Å². The fraction of sp³-hybridized carbons (Fsp3) is 0.318. The zero-order valence-corrected chi connectivity index (χ0v) is 18.9. The van der Waals surface area contributed by atoms with E-state index in [4.69, 9.17) is 11.6 Å². The number of non-ortho nitro benzene ring substituents is 1. The largest absolute Gasteiger partial charge is 0.508 e. The van der Waals surface area contributed by atoms with Crippen molar-refractivity contribution >= 4 is 35.0 Å². The van der Waals surface area contributed by atoms with Gasteiger partial charge in [0.05, 0.1) is 15.5 Å². The SMILES string of the molecule is CC(C)C(NC(=O)c1ccc([N+](=O)[O-])cc1Cl)C(=O)NCCCNC(=O)c1cccc(O)c1. The van der Waals surface area contributed by atoms with Gasteiger partial charge in [0, 0.05) is 30.8 Å². The second-order valence-corrected chi connectivity index (χ2v) is 7.97. The Balaban J connectivity index is 1.85. The Morgan fingerprint density at radius 2 is 1.76 bits per heavy atom. The first-order chi connectivity index (χ1) is 15.6. The number of nitrogens with zero attached hydrogens (tertiary/aromatic N) is 1. The molecule has 0 aromatic heterocycles. The number of hydrogen-bond acceptors (Lipinski definition) is 6. The number of hydrogen-bond donors (Lipinski definition) is 4.